The molecule has 0 aromatic carbocycles. The molecule has 1 aromatic heterocycles. The number of anilines is 2. The van der Waals surface area contributed by atoms with Crippen molar-refractivity contribution in [2.24, 2.45) is 5.92 Å². The Kier molecular flexibility index (Phi) is 4.25. The molecule has 3 N–H and O–H groups in total. The summed E-state index contributed by atoms with van der Waals surface area (Å²) in [6.45, 7) is 3.25. The van der Waals surface area contributed by atoms with Crippen molar-refractivity contribution < 1.29 is 4.74 Å². The van der Waals surface area contributed by atoms with E-state index in [0.717, 1.165) is 18.9 Å². The summed E-state index contributed by atoms with van der Waals surface area (Å²) in [7, 11) is 3.78. The van der Waals surface area contributed by atoms with E-state index in [2.05, 4.69) is 22.2 Å². The molecule has 0 saturated carbocycles. The summed E-state index contributed by atoms with van der Waals surface area (Å²) in [5.74, 6) is 1.98. The summed E-state index contributed by atoms with van der Waals surface area (Å²) < 4.78 is 5.10. The fraction of sp³-hybridized carbons (Fsp3) is 0.615. The second kappa shape index (κ2) is 5.91. The lowest BCUT2D eigenvalue weighted by Gasteiger charge is -2.29. The third-order valence-electron chi connectivity index (χ3n) is 3.39. The van der Waals surface area contributed by atoms with Crippen LogP contribution in [0.3, 0.4) is 0 Å². The monoisotopic (exact) mass is 250 g/mol. The zero-order chi connectivity index (χ0) is 13.0. The largest absolute Gasteiger partial charge is 0.481 e. The Balaban J connectivity index is 1.92. The quantitative estimate of drug-likeness (QED) is 0.846. The second-order valence-corrected chi connectivity index (χ2v) is 4.94. The summed E-state index contributed by atoms with van der Waals surface area (Å²) in [4.78, 5) is 6.70. The Morgan fingerprint density at radius 2 is 2.39 bits per heavy atom. The minimum absolute atomic E-state index is 0.590. The molecule has 1 unspecified atom stereocenters. The van der Waals surface area contributed by atoms with Crippen LogP contribution in [0.5, 0.6) is 5.88 Å². The van der Waals surface area contributed by atoms with Gasteiger partial charge in [-0.15, -0.1) is 0 Å². The van der Waals surface area contributed by atoms with E-state index >= 15 is 0 Å². The first kappa shape index (κ1) is 13.0. The van der Waals surface area contributed by atoms with E-state index in [0.29, 0.717) is 17.5 Å². The van der Waals surface area contributed by atoms with E-state index in [1.54, 1.807) is 13.2 Å². The predicted octanol–water partition coefficient (Wildman–Crippen LogP) is 1.43. The number of rotatable bonds is 4. The number of likely N-dealkylation sites (tertiary alicyclic amines) is 1. The van der Waals surface area contributed by atoms with Gasteiger partial charge in [-0.05, 0) is 38.4 Å². The second-order valence-electron chi connectivity index (χ2n) is 4.94. The molecule has 1 aliphatic rings. The van der Waals surface area contributed by atoms with Crippen LogP contribution in [-0.4, -0.2) is 43.7 Å². The zero-order valence-electron chi connectivity index (χ0n) is 11.1. The Morgan fingerprint density at radius 3 is 3.11 bits per heavy atom. The molecule has 18 heavy (non-hydrogen) atoms. The minimum atomic E-state index is 0.590. The number of aromatic nitrogens is 1. The van der Waals surface area contributed by atoms with E-state index < -0.39 is 0 Å². The van der Waals surface area contributed by atoms with Crippen molar-refractivity contribution >= 4 is 11.5 Å². The number of hydrogen-bond donors (Lipinski definition) is 2. The van der Waals surface area contributed by atoms with E-state index in [4.69, 9.17) is 10.5 Å². The van der Waals surface area contributed by atoms with Gasteiger partial charge in [0.25, 0.3) is 0 Å². The highest BCUT2D eigenvalue weighted by Gasteiger charge is 2.17. The van der Waals surface area contributed by atoms with Crippen LogP contribution in [0.1, 0.15) is 12.8 Å². The highest BCUT2D eigenvalue weighted by Crippen LogP contribution is 2.21. The molecule has 100 valence electrons. The van der Waals surface area contributed by atoms with Crippen molar-refractivity contribution in [2.45, 2.75) is 12.8 Å². The van der Waals surface area contributed by atoms with Crippen molar-refractivity contribution in [3.8, 4) is 5.88 Å². The third kappa shape index (κ3) is 3.26. The van der Waals surface area contributed by atoms with Gasteiger partial charge in [-0.3, -0.25) is 0 Å². The third-order valence-corrected chi connectivity index (χ3v) is 3.39. The summed E-state index contributed by atoms with van der Waals surface area (Å²) in [6, 6.07) is 3.59. The molecule has 5 heteroatoms. The van der Waals surface area contributed by atoms with Crippen molar-refractivity contribution in [3.05, 3.63) is 12.1 Å². The summed E-state index contributed by atoms with van der Waals surface area (Å²) in [5, 5.41) is 3.34. The van der Waals surface area contributed by atoms with Gasteiger partial charge < -0.3 is 20.7 Å². The maximum absolute atomic E-state index is 5.90. The van der Waals surface area contributed by atoms with Crippen molar-refractivity contribution in [1.82, 2.24) is 9.88 Å². The first-order valence-corrected chi connectivity index (χ1v) is 6.42. The Labute approximate surface area is 108 Å². The maximum Gasteiger partial charge on any atom is 0.215 e. The average molecular weight is 250 g/mol. The topological polar surface area (TPSA) is 63.4 Å². The number of ether oxygens (including phenoxy) is 1. The lowest BCUT2D eigenvalue weighted by molar-refractivity contribution is 0.217. The number of nitrogen functional groups attached to an aromatic ring is 1. The number of pyridine rings is 1. The van der Waals surface area contributed by atoms with Crippen LogP contribution < -0.4 is 15.8 Å². The van der Waals surface area contributed by atoms with Gasteiger partial charge in [0.15, 0.2) is 5.82 Å². The number of piperidine rings is 1. The number of nitrogens with zero attached hydrogens (tertiary/aromatic N) is 2. The molecule has 1 aliphatic heterocycles. The van der Waals surface area contributed by atoms with Crippen molar-refractivity contribution in [2.75, 3.05) is 44.8 Å². The highest BCUT2D eigenvalue weighted by molar-refractivity contribution is 5.61. The van der Waals surface area contributed by atoms with Crippen LogP contribution in [0.25, 0.3) is 0 Å². The van der Waals surface area contributed by atoms with Gasteiger partial charge in [0.2, 0.25) is 5.88 Å². The van der Waals surface area contributed by atoms with Gasteiger partial charge in [0.05, 0.1) is 12.8 Å². The maximum atomic E-state index is 5.90. The minimum Gasteiger partial charge on any atom is -0.481 e. The molecule has 0 bridgehead atoms. The summed E-state index contributed by atoms with van der Waals surface area (Å²) in [6.07, 6.45) is 2.53. The molecule has 0 radical (unpaired) electrons. The van der Waals surface area contributed by atoms with Crippen LogP contribution in [0, 0.1) is 5.92 Å². The van der Waals surface area contributed by atoms with Gasteiger partial charge in [0.1, 0.15) is 0 Å². The van der Waals surface area contributed by atoms with E-state index in [-0.39, 0.29) is 0 Å². The van der Waals surface area contributed by atoms with Gasteiger partial charge >= 0.3 is 0 Å². The molecule has 1 fully saturated rings. The average Bonchev–Trinajstić information content (AvgIpc) is 2.38. The number of hydrogen-bond acceptors (Lipinski definition) is 5. The first-order chi connectivity index (χ1) is 8.69. The van der Waals surface area contributed by atoms with Gasteiger partial charge in [0, 0.05) is 19.2 Å². The molecule has 1 aromatic rings. The zero-order valence-corrected chi connectivity index (χ0v) is 11.1. The van der Waals surface area contributed by atoms with Crippen LogP contribution in [0.2, 0.25) is 0 Å². The number of methoxy groups -OCH3 is 1. The summed E-state index contributed by atoms with van der Waals surface area (Å²) in [5.41, 5.74) is 6.56. The predicted molar refractivity (Wildman–Crippen MR) is 73.9 cm³/mol. The molecule has 5 nitrogen and oxygen atoms in total. The standard InChI is InChI=1S/C13H22N4O/c1-17-7-3-4-10(9-17)8-15-13-11(14)5-6-12(16-13)18-2/h5-6,10H,3-4,7-9,14H2,1-2H3,(H,15,16). The molecule has 0 aliphatic carbocycles. The summed E-state index contributed by atoms with van der Waals surface area (Å²) >= 11 is 0. The highest BCUT2D eigenvalue weighted by atomic mass is 16.5. The lowest BCUT2D eigenvalue weighted by atomic mass is 9.98. The van der Waals surface area contributed by atoms with Crippen molar-refractivity contribution in [3.63, 3.8) is 0 Å². The fourth-order valence-corrected chi connectivity index (χ4v) is 2.39. The number of nitrogens with two attached hydrogens (primary N) is 1. The Hall–Kier alpha value is -1.49. The molecule has 1 atom stereocenters. The van der Waals surface area contributed by atoms with E-state index in [9.17, 15) is 0 Å². The fourth-order valence-electron chi connectivity index (χ4n) is 2.39. The van der Waals surface area contributed by atoms with Crippen LogP contribution >= 0.6 is 0 Å². The van der Waals surface area contributed by atoms with E-state index in [1.165, 1.54) is 19.4 Å². The molecule has 2 heterocycles. The van der Waals surface area contributed by atoms with Crippen LogP contribution in [0.15, 0.2) is 12.1 Å². The molecule has 1 saturated heterocycles. The molecule has 0 amide bonds. The lowest BCUT2D eigenvalue weighted by Crippen LogP contribution is -2.35. The normalized spacial score (nSPS) is 20.7. The molecular formula is C13H22N4O. The first-order valence-electron chi connectivity index (χ1n) is 6.42. The molecule has 0 spiro atoms. The van der Waals surface area contributed by atoms with Gasteiger partial charge in [-0.1, -0.05) is 0 Å². The Morgan fingerprint density at radius 1 is 1.56 bits per heavy atom. The van der Waals surface area contributed by atoms with Gasteiger partial charge in [-0.25, -0.2) is 0 Å². The van der Waals surface area contributed by atoms with Crippen LogP contribution in [-0.2, 0) is 0 Å². The smallest absolute Gasteiger partial charge is 0.215 e. The van der Waals surface area contributed by atoms with Crippen LogP contribution in [0.4, 0.5) is 11.5 Å². The van der Waals surface area contributed by atoms with Gasteiger partial charge in [-0.2, -0.15) is 4.98 Å². The van der Waals surface area contributed by atoms with E-state index in [1.807, 2.05) is 6.07 Å². The van der Waals surface area contributed by atoms with Crippen molar-refractivity contribution in [1.29, 1.82) is 0 Å². The SMILES string of the molecule is COc1ccc(N)c(NCC2CCCN(C)C2)n1. The molecular weight excluding hydrogens is 228 g/mol. The Bertz CT molecular complexity index is 397. The number of nitrogens with one attached hydrogen (secondary N) is 1. The molecule has 2 rings (SSSR count).